The summed E-state index contributed by atoms with van der Waals surface area (Å²) in [5.74, 6) is 0.0707. The Morgan fingerprint density at radius 1 is 1.03 bits per heavy atom. The number of aromatic hydroxyl groups is 1. The molecule has 9 heteroatoms. The minimum atomic E-state index is -0.773. The van der Waals surface area contributed by atoms with E-state index in [9.17, 15) is 14.7 Å². The molecule has 186 valence electrons. The van der Waals surface area contributed by atoms with E-state index >= 15 is 0 Å². The van der Waals surface area contributed by atoms with Gasteiger partial charge in [0.2, 0.25) is 5.88 Å². The quantitative estimate of drug-likeness (QED) is 0.278. The Morgan fingerprint density at radius 2 is 1.76 bits per heavy atom. The molecule has 3 aromatic carbocycles. The number of aliphatic imine (C=N–C) groups is 1. The molecular weight excluding hydrogens is 492 g/mol. The molecule has 0 bridgehead atoms. The third-order valence-corrected chi connectivity index (χ3v) is 6.35. The van der Waals surface area contributed by atoms with E-state index in [1.807, 2.05) is 30.5 Å². The summed E-state index contributed by atoms with van der Waals surface area (Å²) < 4.78 is 6.20. The fourth-order valence-corrected chi connectivity index (χ4v) is 4.38. The molecule has 0 spiro atoms. The summed E-state index contributed by atoms with van der Waals surface area (Å²) in [6.45, 7) is 0.334. The number of H-pyrrole nitrogens is 2. The lowest BCUT2D eigenvalue weighted by Gasteiger charge is -2.14. The molecule has 0 aliphatic heterocycles. The van der Waals surface area contributed by atoms with Crippen molar-refractivity contribution in [1.29, 1.82) is 0 Å². The van der Waals surface area contributed by atoms with Gasteiger partial charge in [0.1, 0.15) is 11.3 Å². The van der Waals surface area contributed by atoms with E-state index in [0.29, 0.717) is 35.0 Å². The van der Waals surface area contributed by atoms with Gasteiger partial charge in [-0.2, -0.15) is 0 Å². The van der Waals surface area contributed by atoms with Crippen LogP contribution in [0.1, 0.15) is 16.7 Å². The highest BCUT2D eigenvalue weighted by atomic mass is 35.5. The lowest BCUT2D eigenvalue weighted by atomic mass is 10.0. The van der Waals surface area contributed by atoms with E-state index in [1.54, 1.807) is 48.5 Å². The predicted molar refractivity (Wildman–Crippen MR) is 145 cm³/mol. The number of aromatic amines is 2. The van der Waals surface area contributed by atoms with Crippen molar-refractivity contribution in [2.75, 3.05) is 13.7 Å². The van der Waals surface area contributed by atoms with Gasteiger partial charge in [0, 0.05) is 34.2 Å². The molecule has 5 rings (SSSR count). The van der Waals surface area contributed by atoms with E-state index in [4.69, 9.17) is 21.3 Å². The molecule has 2 heterocycles. The van der Waals surface area contributed by atoms with E-state index < -0.39 is 17.1 Å². The maximum atomic E-state index is 13.0. The van der Waals surface area contributed by atoms with Gasteiger partial charge in [0.25, 0.3) is 5.56 Å². The second-order valence-corrected chi connectivity index (χ2v) is 8.77. The first-order valence-corrected chi connectivity index (χ1v) is 11.9. The van der Waals surface area contributed by atoms with Crippen molar-refractivity contribution in [1.82, 2.24) is 14.5 Å². The molecule has 0 aliphatic rings. The normalized spacial score (nSPS) is 11.7. The number of aromatic nitrogens is 3. The lowest BCUT2D eigenvalue weighted by Crippen LogP contribution is -2.33. The van der Waals surface area contributed by atoms with Gasteiger partial charge in [-0.3, -0.25) is 14.8 Å². The number of benzene rings is 3. The Morgan fingerprint density at radius 3 is 2.49 bits per heavy atom. The zero-order valence-corrected chi connectivity index (χ0v) is 20.6. The number of ether oxygens (including phenoxy) is 1. The molecule has 0 saturated carbocycles. The van der Waals surface area contributed by atoms with Crippen LogP contribution in [0.15, 0.2) is 93.6 Å². The number of methoxy groups -OCH3 is 1. The van der Waals surface area contributed by atoms with Gasteiger partial charge >= 0.3 is 5.69 Å². The molecule has 0 unspecified atom stereocenters. The van der Waals surface area contributed by atoms with Crippen molar-refractivity contribution >= 4 is 28.2 Å². The molecule has 8 nitrogen and oxygen atoms in total. The number of fused-ring (bicyclic) bond motifs is 1. The van der Waals surface area contributed by atoms with E-state index in [0.717, 1.165) is 21.0 Å². The first-order valence-electron chi connectivity index (χ1n) is 11.5. The monoisotopic (exact) mass is 514 g/mol. The average molecular weight is 515 g/mol. The maximum absolute atomic E-state index is 13.0. The summed E-state index contributed by atoms with van der Waals surface area (Å²) in [7, 11) is 1.53. The van der Waals surface area contributed by atoms with Gasteiger partial charge in [0.15, 0.2) is 0 Å². The van der Waals surface area contributed by atoms with Crippen molar-refractivity contribution in [3.8, 4) is 17.3 Å². The Kier molecular flexibility index (Phi) is 6.66. The molecule has 0 aliphatic carbocycles. The number of nitrogens with one attached hydrogen (secondary N) is 2. The highest BCUT2D eigenvalue weighted by molar-refractivity contribution is 6.30. The molecule has 0 amide bonds. The van der Waals surface area contributed by atoms with Crippen molar-refractivity contribution in [2.24, 2.45) is 4.99 Å². The second kappa shape index (κ2) is 10.2. The van der Waals surface area contributed by atoms with Crippen molar-refractivity contribution in [3.63, 3.8) is 0 Å². The highest BCUT2D eigenvalue weighted by Gasteiger charge is 2.22. The van der Waals surface area contributed by atoms with Crippen molar-refractivity contribution < 1.29 is 9.84 Å². The van der Waals surface area contributed by atoms with Gasteiger partial charge in [-0.15, -0.1) is 0 Å². The summed E-state index contributed by atoms with van der Waals surface area (Å²) >= 11 is 6.09. The number of hydrogen-bond donors (Lipinski definition) is 3. The van der Waals surface area contributed by atoms with Crippen molar-refractivity contribution in [2.45, 2.75) is 6.42 Å². The van der Waals surface area contributed by atoms with Gasteiger partial charge in [-0.1, -0.05) is 41.9 Å². The summed E-state index contributed by atoms with van der Waals surface area (Å²) in [5.41, 5.74) is 1.66. The Hall–Kier alpha value is -4.56. The highest BCUT2D eigenvalue weighted by Crippen LogP contribution is 2.23. The van der Waals surface area contributed by atoms with Crippen LogP contribution in [0.3, 0.4) is 0 Å². The molecular formula is C28H23ClN4O4. The molecule has 2 aromatic heterocycles. The first kappa shape index (κ1) is 24.1. The van der Waals surface area contributed by atoms with Crippen LogP contribution in [0.25, 0.3) is 16.6 Å². The van der Waals surface area contributed by atoms with Gasteiger partial charge in [-0.25, -0.2) is 9.36 Å². The summed E-state index contributed by atoms with van der Waals surface area (Å²) in [6, 6.07) is 21.3. The first-order chi connectivity index (χ1) is 18.0. The van der Waals surface area contributed by atoms with Crippen LogP contribution in [0.5, 0.6) is 11.6 Å². The third-order valence-electron chi connectivity index (χ3n) is 6.10. The molecule has 0 radical (unpaired) electrons. The fraction of sp³-hybridized carbons (Fsp3) is 0.107. The largest absolute Gasteiger partial charge is 0.497 e. The van der Waals surface area contributed by atoms with Crippen LogP contribution in [0.4, 0.5) is 0 Å². The zero-order valence-electron chi connectivity index (χ0n) is 19.9. The van der Waals surface area contributed by atoms with Gasteiger partial charge in [0.05, 0.1) is 18.5 Å². The summed E-state index contributed by atoms with van der Waals surface area (Å²) in [4.78, 5) is 36.0. The maximum Gasteiger partial charge on any atom is 0.335 e. The molecule has 3 N–H and O–H groups in total. The van der Waals surface area contributed by atoms with Crippen molar-refractivity contribution in [3.05, 3.63) is 122 Å². The SMILES string of the molecule is COc1ccc(-n2c(O)c(C(=NCCc3c[nH]c4ccccc34)c3ccc(Cl)cc3)c(=O)[nH]c2=O)cc1. The molecule has 37 heavy (non-hydrogen) atoms. The number of halogens is 1. The molecule has 5 aromatic rings. The van der Waals surface area contributed by atoms with E-state index in [1.165, 1.54) is 7.11 Å². The van der Waals surface area contributed by atoms with E-state index in [2.05, 4.69) is 9.97 Å². The van der Waals surface area contributed by atoms with E-state index in [-0.39, 0.29) is 11.3 Å². The number of para-hydroxylation sites is 1. The molecule has 0 atom stereocenters. The average Bonchev–Trinajstić information content (AvgIpc) is 3.31. The smallest absolute Gasteiger partial charge is 0.335 e. The summed E-state index contributed by atoms with van der Waals surface area (Å²) in [6.07, 6.45) is 2.54. The van der Waals surface area contributed by atoms with Crippen LogP contribution >= 0.6 is 11.6 Å². The second-order valence-electron chi connectivity index (χ2n) is 8.34. The zero-order chi connectivity index (χ0) is 25.9. The van der Waals surface area contributed by atoms with Crippen LogP contribution < -0.4 is 16.0 Å². The molecule has 0 saturated heterocycles. The van der Waals surface area contributed by atoms with Crippen LogP contribution in [0.2, 0.25) is 5.02 Å². The van der Waals surface area contributed by atoms with Gasteiger partial charge < -0.3 is 14.8 Å². The number of nitrogens with zero attached hydrogens (tertiary/aromatic N) is 2. The van der Waals surface area contributed by atoms with Crippen LogP contribution in [0, 0.1) is 0 Å². The minimum Gasteiger partial charge on any atom is -0.497 e. The number of hydrogen-bond acceptors (Lipinski definition) is 5. The lowest BCUT2D eigenvalue weighted by molar-refractivity contribution is 0.414. The predicted octanol–water partition coefficient (Wildman–Crippen LogP) is 4.45. The summed E-state index contributed by atoms with van der Waals surface area (Å²) in [5, 5.41) is 12.9. The van der Waals surface area contributed by atoms with Crippen LogP contribution in [-0.2, 0) is 6.42 Å². The Balaban J connectivity index is 1.61. The topological polar surface area (TPSA) is 112 Å². The van der Waals surface area contributed by atoms with Gasteiger partial charge in [-0.05, 0) is 54.4 Å². The van der Waals surface area contributed by atoms with Crippen LogP contribution in [-0.4, -0.2) is 39.0 Å². The number of rotatable bonds is 7. The standard InChI is InChI=1S/C28H23ClN4O4/c1-37-21-12-10-20(11-13-21)33-27(35)24(26(34)32-28(33)36)25(17-6-8-19(29)9-7-17)30-15-14-18-16-31-23-5-3-2-4-22(18)23/h2-13,16,31,35H,14-15H2,1H3,(H,32,34,36). The minimum absolute atomic E-state index is 0.114. The Labute approximate surface area is 216 Å². The third kappa shape index (κ3) is 4.79. The molecule has 0 fully saturated rings. The fourth-order valence-electron chi connectivity index (χ4n) is 4.26. The Bertz CT molecular complexity index is 1710.